The number of urea groups is 1. The zero-order chi connectivity index (χ0) is 21.0. The number of aliphatic hydroxyl groups is 1. The number of nitrogens with zero attached hydrogens (tertiary/aromatic N) is 1. The van der Waals surface area contributed by atoms with E-state index in [9.17, 15) is 14.7 Å². The van der Waals surface area contributed by atoms with Crippen LogP contribution >= 0.6 is 15.9 Å². The molecule has 0 bridgehead atoms. The van der Waals surface area contributed by atoms with E-state index >= 15 is 0 Å². The Labute approximate surface area is 177 Å². The van der Waals surface area contributed by atoms with Gasteiger partial charge in [-0.2, -0.15) is 0 Å². The Kier molecular flexibility index (Phi) is 6.56. The lowest BCUT2D eigenvalue weighted by Gasteiger charge is -2.23. The Bertz CT molecular complexity index is 872. The number of halogens is 1. The number of imide groups is 1. The number of β-amino-alcohol motifs (C(OH)–C–C–N with tert-alkyl or cyclic N) is 1. The van der Waals surface area contributed by atoms with Crippen molar-refractivity contribution in [2.75, 3.05) is 20.3 Å². The first-order valence-corrected chi connectivity index (χ1v) is 9.91. The number of carbonyl (C=O) groups excluding carboxylic acids is 2. The zero-order valence-electron chi connectivity index (χ0n) is 16.2. The van der Waals surface area contributed by atoms with Crippen molar-refractivity contribution < 1.29 is 24.2 Å². The molecule has 3 amide bonds. The number of nitrogens with one attached hydrogen (secondary N) is 1. The van der Waals surface area contributed by atoms with Crippen molar-refractivity contribution in [1.82, 2.24) is 10.2 Å². The standard InChI is InChI=1S/C21H23BrN2O5/c1-21(15-5-7-16(22)8-6-15)19(26)24(20(27)23-21)11-17(25)13-29-12-14-3-9-18(28-2)10-4-14/h3-10,17,25H,11-13H2,1-2H3,(H,23,27)/t17-,21+/m0/s1. The van der Waals surface area contributed by atoms with E-state index in [0.29, 0.717) is 12.2 Å². The third-order valence-electron chi connectivity index (χ3n) is 4.83. The average molecular weight is 463 g/mol. The summed E-state index contributed by atoms with van der Waals surface area (Å²) >= 11 is 3.36. The van der Waals surface area contributed by atoms with Crippen molar-refractivity contribution in [3.63, 3.8) is 0 Å². The predicted molar refractivity (Wildman–Crippen MR) is 110 cm³/mol. The van der Waals surface area contributed by atoms with Gasteiger partial charge in [-0.25, -0.2) is 4.79 Å². The van der Waals surface area contributed by atoms with Crippen molar-refractivity contribution in [2.45, 2.75) is 25.2 Å². The van der Waals surface area contributed by atoms with Crippen LogP contribution in [0.5, 0.6) is 5.75 Å². The topological polar surface area (TPSA) is 88.1 Å². The van der Waals surface area contributed by atoms with Gasteiger partial charge in [-0.05, 0) is 42.3 Å². The van der Waals surface area contributed by atoms with Crippen LogP contribution in [-0.4, -0.2) is 48.3 Å². The molecule has 0 spiro atoms. The molecule has 154 valence electrons. The summed E-state index contributed by atoms with van der Waals surface area (Å²) in [4.78, 5) is 26.3. The Morgan fingerprint density at radius 2 is 1.79 bits per heavy atom. The molecule has 2 aromatic rings. The SMILES string of the molecule is COc1ccc(COC[C@@H](O)CN2C(=O)N[C@](C)(c3ccc(Br)cc3)C2=O)cc1. The molecular formula is C21H23BrN2O5. The fraction of sp³-hybridized carbons (Fsp3) is 0.333. The van der Waals surface area contributed by atoms with Gasteiger partial charge in [-0.15, -0.1) is 0 Å². The summed E-state index contributed by atoms with van der Waals surface area (Å²) in [6.07, 6.45) is -0.991. The summed E-state index contributed by atoms with van der Waals surface area (Å²) in [6.45, 7) is 1.82. The molecule has 0 aromatic heterocycles. The molecule has 3 rings (SSSR count). The van der Waals surface area contributed by atoms with Gasteiger partial charge in [0.05, 0.1) is 33.0 Å². The first kappa shape index (κ1) is 21.3. The van der Waals surface area contributed by atoms with Gasteiger partial charge in [0.2, 0.25) is 0 Å². The molecule has 8 heteroatoms. The molecule has 1 saturated heterocycles. The van der Waals surface area contributed by atoms with Gasteiger partial charge < -0.3 is 19.9 Å². The second kappa shape index (κ2) is 8.94. The van der Waals surface area contributed by atoms with E-state index in [4.69, 9.17) is 9.47 Å². The van der Waals surface area contributed by atoms with E-state index < -0.39 is 23.6 Å². The Morgan fingerprint density at radius 3 is 2.41 bits per heavy atom. The van der Waals surface area contributed by atoms with E-state index in [2.05, 4.69) is 21.2 Å². The van der Waals surface area contributed by atoms with Crippen LogP contribution in [0.2, 0.25) is 0 Å². The molecule has 1 heterocycles. The third-order valence-corrected chi connectivity index (χ3v) is 5.36. The quantitative estimate of drug-likeness (QED) is 0.588. The smallest absolute Gasteiger partial charge is 0.325 e. The first-order valence-electron chi connectivity index (χ1n) is 9.12. The molecule has 0 unspecified atom stereocenters. The Balaban J connectivity index is 1.55. The van der Waals surface area contributed by atoms with E-state index in [-0.39, 0.29) is 13.2 Å². The highest BCUT2D eigenvalue weighted by molar-refractivity contribution is 9.10. The number of rotatable bonds is 8. The maximum atomic E-state index is 12.9. The van der Waals surface area contributed by atoms with Crippen molar-refractivity contribution in [3.8, 4) is 5.75 Å². The second-order valence-electron chi connectivity index (χ2n) is 6.99. The van der Waals surface area contributed by atoms with Gasteiger partial charge in [0.25, 0.3) is 5.91 Å². The molecule has 29 heavy (non-hydrogen) atoms. The van der Waals surface area contributed by atoms with E-state index in [1.807, 2.05) is 36.4 Å². The highest BCUT2D eigenvalue weighted by Gasteiger charge is 2.49. The minimum Gasteiger partial charge on any atom is -0.497 e. The monoisotopic (exact) mass is 462 g/mol. The number of aliphatic hydroxyl groups excluding tert-OH is 1. The fourth-order valence-corrected chi connectivity index (χ4v) is 3.40. The lowest BCUT2D eigenvalue weighted by molar-refractivity contribution is -0.132. The molecule has 7 nitrogen and oxygen atoms in total. The van der Waals surface area contributed by atoms with Gasteiger partial charge in [0, 0.05) is 4.47 Å². The molecule has 0 saturated carbocycles. The second-order valence-corrected chi connectivity index (χ2v) is 7.91. The maximum absolute atomic E-state index is 12.9. The summed E-state index contributed by atoms with van der Waals surface area (Å²) in [6, 6.07) is 14.0. The molecule has 1 fully saturated rings. The van der Waals surface area contributed by atoms with Gasteiger partial charge in [-0.3, -0.25) is 9.69 Å². The van der Waals surface area contributed by atoms with Crippen molar-refractivity contribution in [2.24, 2.45) is 0 Å². The van der Waals surface area contributed by atoms with Crippen LogP contribution in [0, 0.1) is 0 Å². The van der Waals surface area contributed by atoms with Gasteiger partial charge in [0.15, 0.2) is 0 Å². The van der Waals surface area contributed by atoms with Gasteiger partial charge in [0.1, 0.15) is 11.3 Å². The average Bonchev–Trinajstić information content (AvgIpc) is 2.93. The number of amides is 3. The molecule has 2 aromatic carbocycles. The summed E-state index contributed by atoms with van der Waals surface area (Å²) in [5.41, 5.74) is 0.434. The summed E-state index contributed by atoms with van der Waals surface area (Å²) in [5.74, 6) is 0.347. The third kappa shape index (κ3) is 4.77. The van der Waals surface area contributed by atoms with Crippen LogP contribution in [0.3, 0.4) is 0 Å². The minimum atomic E-state index is -1.17. The zero-order valence-corrected chi connectivity index (χ0v) is 17.8. The number of carbonyl (C=O) groups is 2. The van der Waals surface area contributed by atoms with E-state index in [0.717, 1.165) is 20.7 Å². The lowest BCUT2D eigenvalue weighted by Crippen LogP contribution is -2.42. The van der Waals surface area contributed by atoms with E-state index in [1.165, 1.54) is 0 Å². The highest BCUT2D eigenvalue weighted by atomic mass is 79.9. The molecule has 1 aliphatic rings. The number of benzene rings is 2. The van der Waals surface area contributed by atoms with Crippen LogP contribution in [-0.2, 0) is 21.7 Å². The number of ether oxygens (including phenoxy) is 2. The number of methoxy groups -OCH3 is 1. The summed E-state index contributed by atoms with van der Waals surface area (Å²) < 4.78 is 11.5. The molecule has 2 atom stereocenters. The maximum Gasteiger partial charge on any atom is 0.325 e. The number of hydrogen-bond acceptors (Lipinski definition) is 5. The molecule has 2 N–H and O–H groups in total. The fourth-order valence-electron chi connectivity index (χ4n) is 3.14. The van der Waals surface area contributed by atoms with Gasteiger partial charge in [-0.1, -0.05) is 40.2 Å². The van der Waals surface area contributed by atoms with Gasteiger partial charge >= 0.3 is 6.03 Å². The normalized spacial score (nSPS) is 19.9. The number of hydrogen-bond donors (Lipinski definition) is 2. The highest BCUT2D eigenvalue weighted by Crippen LogP contribution is 2.29. The minimum absolute atomic E-state index is 0.00190. The van der Waals surface area contributed by atoms with Crippen LogP contribution in [0.25, 0.3) is 0 Å². The summed E-state index contributed by atoms with van der Waals surface area (Å²) in [7, 11) is 1.60. The van der Waals surface area contributed by atoms with Crippen LogP contribution < -0.4 is 10.1 Å². The van der Waals surface area contributed by atoms with Crippen LogP contribution in [0.1, 0.15) is 18.1 Å². The Hall–Kier alpha value is -2.42. The predicted octanol–water partition coefficient (Wildman–Crippen LogP) is 2.80. The molecular weight excluding hydrogens is 440 g/mol. The van der Waals surface area contributed by atoms with Crippen molar-refractivity contribution in [3.05, 3.63) is 64.1 Å². The van der Waals surface area contributed by atoms with Crippen molar-refractivity contribution >= 4 is 27.9 Å². The van der Waals surface area contributed by atoms with Crippen LogP contribution in [0.4, 0.5) is 4.79 Å². The molecule has 0 aliphatic carbocycles. The Morgan fingerprint density at radius 1 is 1.14 bits per heavy atom. The lowest BCUT2D eigenvalue weighted by atomic mass is 9.92. The molecule has 0 radical (unpaired) electrons. The van der Waals surface area contributed by atoms with Crippen LogP contribution in [0.15, 0.2) is 53.0 Å². The van der Waals surface area contributed by atoms with Crippen molar-refractivity contribution in [1.29, 1.82) is 0 Å². The summed E-state index contributed by atoms with van der Waals surface area (Å²) in [5, 5.41) is 13.0. The molecule has 1 aliphatic heterocycles. The van der Waals surface area contributed by atoms with E-state index in [1.54, 1.807) is 26.2 Å². The first-order chi connectivity index (χ1) is 13.8. The largest absolute Gasteiger partial charge is 0.497 e.